The van der Waals surface area contributed by atoms with Gasteiger partial charge in [-0.1, -0.05) is 12.1 Å². The molecular weight excluding hydrogens is 368 g/mol. The van der Waals surface area contributed by atoms with E-state index in [0.717, 1.165) is 37.9 Å². The Morgan fingerprint density at radius 1 is 1.19 bits per heavy atom. The highest BCUT2D eigenvalue weighted by molar-refractivity contribution is 7.89. The number of carbonyl (C=O) groups excluding carboxylic acids is 1. The summed E-state index contributed by atoms with van der Waals surface area (Å²) < 4.78 is 37.4. The lowest BCUT2D eigenvalue weighted by atomic mass is 10.2. The Bertz CT molecular complexity index is 708. The molecule has 2 aliphatic rings. The van der Waals surface area contributed by atoms with Crippen molar-refractivity contribution < 1.29 is 22.7 Å². The van der Waals surface area contributed by atoms with Crippen LogP contribution in [0.3, 0.4) is 0 Å². The summed E-state index contributed by atoms with van der Waals surface area (Å²) in [7, 11) is -3.39. The van der Waals surface area contributed by atoms with E-state index in [1.165, 1.54) is 4.31 Å². The van der Waals surface area contributed by atoms with Gasteiger partial charge in [0.25, 0.3) is 0 Å². The molecule has 27 heavy (non-hydrogen) atoms. The summed E-state index contributed by atoms with van der Waals surface area (Å²) in [6.45, 7) is 3.27. The highest BCUT2D eigenvalue weighted by Crippen LogP contribution is 2.21. The first kappa shape index (κ1) is 20.3. The van der Waals surface area contributed by atoms with Crippen LogP contribution in [-0.2, 0) is 30.8 Å². The topological polar surface area (TPSA) is 84.9 Å². The van der Waals surface area contributed by atoms with Crippen molar-refractivity contribution >= 4 is 15.9 Å². The largest absolute Gasteiger partial charge is 0.378 e. The number of hydrogen-bond donors (Lipinski definition) is 1. The predicted octanol–water partition coefficient (Wildman–Crippen LogP) is 1.67. The second-order valence-electron chi connectivity index (χ2n) is 6.99. The highest BCUT2D eigenvalue weighted by atomic mass is 32.2. The van der Waals surface area contributed by atoms with E-state index in [9.17, 15) is 13.2 Å². The van der Waals surface area contributed by atoms with E-state index < -0.39 is 10.0 Å². The summed E-state index contributed by atoms with van der Waals surface area (Å²) in [4.78, 5) is 12.2. The van der Waals surface area contributed by atoms with Crippen LogP contribution in [0.4, 0.5) is 0 Å². The minimum absolute atomic E-state index is 0.0869. The average molecular weight is 397 g/mol. The Kier molecular flexibility index (Phi) is 7.23. The molecule has 1 N–H and O–H groups in total. The molecule has 2 aliphatic heterocycles. The van der Waals surface area contributed by atoms with Gasteiger partial charge in [0, 0.05) is 32.7 Å². The standard InChI is InChI=1S/C19H28N2O5S/c22-19(9-13-25-15-17-4-3-12-26-17)20-14-16-5-7-18(8-6-16)27(23,24)21-10-1-2-11-21/h5-8,17H,1-4,9-15H2,(H,20,22). The van der Waals surface area contributed by atoms with Gasteiger partial charge in [-0.25, -0.2) is 8.42 Å². The summed E-state index contributed by atoms with van der Waals surface area (Å²) in [5.74, 6) is -0.0869. The Morgan fingerprint density at radius 3 is 2.59 bits per heavy atom. The maximum Gasteiger partial charge on any atom is 0.243 e. The first-order valence-corrected chi connectivity index (χ1v) is 11.0. The monoisotopic (exact) mass is 396 g/mol. The number of nitrogens with one attached hydrogen (secondary N) is 1. The van der Waals surface area contributed by atoms with E-state index in [1.807, 2.05) is 0 Å². The summed E-state index contributed by atoms with van der Waals surface area (Å²) >= 11 is 0. The second-order valence-corrected chi connectivity index (χ2v) is 8.93. The van der Waals surface area contributed by atoms with E-state index in [2.05, 4.69) is 5.32 Å². The third-order valence-corrected chi connectivity index (χ3v) is 6.83. The van der Waals surface area contributed by atoms with Gasteiger partial charge in [-0.2, -0.15) is 4.31 Å². The van der Waals surface area contributed by atoms with E-state index in [1.54, 1.807) is 24.3 Å². The maximum atomic E-state index is 12.5. The predicted molar refractivity (Wildman–Crippen MR) is 101 cm³/mol. The molecule has 1 atom stereocenters. The fourth-order valence-electron chi connectivity index (χ4n) is 3.30. The molecule has 0 aliphatic carbocycles. The van der Waals surface area contributed by atoms with Gasteiger partial charge in [0.2, 0.25) is 15.9 Å². The van der Waals surface area contributed by atoms with Crippen molar-refractivity contribution in [3.8, 4) is 0 Å². The van der Waals surface area contributed by atoms with Crippen LogP contribution >= 0.6 is 0 Å². The van der Waals surface area contributed by atoms with E-state index in [0.29, 0.717) is 44.2 Å². The molecule has 0 saturated carbocycles. The Labute approximate surface area is 161 Å². The lowest BCUT2D eigenvalue weighted by Gasteiger charge is -2.15. The van der Waals surface area contributed by atoms with Crippen LogP contribution < -0.4 is 5.32 Å². The van der Waals surface area contributed by atoms with Crippen LogP contribution in [0.5, 0.6) is 0 Å². The van der Waals surface area contributed by atoms with Gasteiger partial charge < -0.3 is 14.8 Å². The van der Waals surface area contributed by atoms with Gasteiger partial charge in [-0.15, -0.1) is 0 Å². The van der Waals surface area contributed by atoms with Crippen molar-refractivity contribution in [2.45, 2.75) is 49.6 Å². The minimum Gasteiger partial charge on any atom is -0.378 e. The van der Waals surface area contributed by atoms with Crippen molar-refractivity contribution in [3.05, 3.63) is 29.8 Å². The number of rotatable bonds is 9. The quantitative estimate of drug-likeness (QED) is 0.642. The van der Waals surface area contributed by atoms with Crippen LogP contribution in [0, 0.1) is 0 Å². The first-order valence-electron chi connectivity index (χ1n) is 9.61. The first-order chi connectivity index (χ1) is 13.1. The zero-order valence-corrected chi connectivity index (χ0v) is 16.4. The smallest absolute Gasteiger partial charge is 0.243 e. The molecule has 0 spiro atoms. The van der Waals surface area contributed by atoms with Crippen molar-refractivity contribution in [3.63, 3.8) is 0 Å². The van der Waals surface area contributed by atoms with E-state index in [-0.39, 0.29) is 12.0 Å². The molecule has 2 heterocycles. The molecule has 1 aromatic carbocycles. The summed E-state index contributed by atoms with van der Waals surface area (Å²) in [5.41, 5.74) is 0.865. The second kappa shape index (κ2) is 9.64. The molecule has 1 unspecified atom stereocenters. The molecule has 1 amide bonds. The molecule has 0 aromatic heterocycles. The summed E-state index contributed by atoms with van der Waals surface area (Å²) in [5, 5.41) is 2.83. The molecule has 0 radical (unpaired) electrons. The van der Waals surface area contributed by atoms with Crippen LogP contribution in [0.2, 0.25) is 0 Å². The van der Waals surface area contributed by atoms with Gasteiger partial charge in [0.1, 0.15) is 0 Å². The SMILES string of the molecule is O=C(CCOCC1CCCO1)NCc1ccc(S(=O)(=O)N2CCCC2)cc1. The van der Waals surface area contributed by atoms with Crippen LogP contribution in [-0.4, -0.2) is 57.6 Å². The Balaban J connectivity index is 1.38. The lowest BCUT2D eigenvalue weighted by molar-refractivity contribution is -0.122. The van der Waals surface area contributed by atoms with Gasteiger partial charge in [0.05, 0.1) is 24.2 Å². The zero-order chi connectivity index (χ0) is 19.1. The fraction of sp³-hybridized carbons (Fsp3) is 0.632. The third kappa shape index (κ3) is 5.75. The van der Waals surface area contributed by atoms with Gasteiger partial charge in [0.15, 0.2) is 0 Å². The third-order valence-electron chi connectivity index (χ3n) is 4.92. The van der Waals surface area contributed by atoms with Crippen LogP contribution in [0.15, 0.2) is 29.2 Å². The summed E-state index contributed by atoms with van der Waals surface area (Å²) in [6.07, 6.45) is 4.40. The number of amides is 1. The van der Waals surface area contributed by atoms with Crippen LogP contribution in [0.1, 0.15) is 37.7 Å². The van der Waals surface area contributed by atoms with Crippen molar-refractivity contribution in [2.75, 3.05) is 32.9 Å². The number of sulfonamides is 1. The molecular formula is C19H28N2O5S. The zero-order valence-electron chi connectivity index (χ0n) is 15.6. The molecule has 2 saturated heterocycles. The molecule has 0 bridgehead atoms. The van der Waals surface area contributed by atoms with Crippen molar-refractivity contribution in [2.24, 2.45) is 0 Å². The molecule has 150 valence electrons. The Morgan fingerprint density at radius 2 is 1.93 bits per heavy atom. The van der Waals surface area contributed by atoms with Gasteiger partial charge in [-0.3, -0.25) is 4.79 Å². The van der Waals surface area contributed by atoms with E-state index >= 15 is 0 Å². The molecule has 1 aromatic rings. The average Bonchev–Trinajstić information content (AvgIpc) is 3.38. The fourth-order valence-corrected chi connectivity index (χ4v) is 4.82. The molecule has 8 heteroatoms. The molecule has 2 fully saturated rings. The van der Waals surface area contributed by atoms with Crippen molar-refractivity contribution in [1.29, 1.82) is 0 Å². The number of hydrogen-bond acceptors (Lipinski definition) is 5. The van der Waals surface area contributed by atoms with Crippen LogP contribution in [0.25, 0.3) is 0 Å². The van der Waals surface area contributed by atoms with E-state index in [4.69, 9.17) is 9.47 Å². The Hall–Kier alpha value is -1.48. The maximum absolute atomic E-state index is 12.5. The number of carbonyl (C=O) groups is 1. The highest BCUT2D eigenvalue weighted by Gasteiger charge is 2.26. The normalized spacial score (nSPS) is 20.8. The molecule has 3 rings (SSSR count). The number of benzene rings is 1. The van der Waals surface area contributed by atoms with Gasteiger partial charge >= 0.3 is 0 Å². The van der Waals surface area contributed by atoms with Crippen molar-refractivity contribution in [1.82, 2.24) is 9.62 Å². The lowest BCUT2D eigenvalue weighted by Crippen LogP contribution is -2.28. The minimum atomic E-state index is -3.39. The molecule has 7 nitrogen and oxygen atoms in total. The number of ether oxygens (including phenoxy) is 2. The summed E-state index contributed by atoms with van der Waals surface area (Å²) in [6, 6.07) is 6.72. The van der Waals surface area contributed by atoms with Gasteiger partial charge in [-0.05, 0) is 43.4 Å². The number of nitrogens with zero attached hydrogens (tertiary/aromatic N) is 1.